The van der Waals surface area contributed by atoms with Gasteiger partial charge in [-0.2, -0.15) is 0 Å². The van der Waals surface area contributed by atoms with E-state index in [1.807, 2.05) is 0 Å². The van der Waals surface area contributed by atoms with E-state index in [1.165, 1.54) is 0 Å². The molecule has 1 aliphatic heterocycles. The van der Waals surface area contributed by atoms with Crippen molar-refractivity contribution in [2.24, 2.45) is 0 Å². The van der Waals surface area contributed by atoms with Gasteiger partial charge in [0.15, 0.2) is 0 Å². The van der Waals surface area contributed by atoms with Crippen LogP contribution in [0, 0.1) is 0 Å². The van der Waals surface area contributed by atoms with Crippen molar-refractivity contribution < 1.29 is 4.74 Å². The fourth-order valence-electron chi connectivity index (χ4n) is 1.04. The highest BCUT2D eigenvalue weighted by atomic mass is 16.5. The fraction of sp³-hybridized carbons (Fsp3) is 1.00. The van der Waals surface area contributed by atoms with Crippen molar-refractivity contribution in [3.8, 4) is 0 Å². The predicted octanol–water partition coefficient (Wildman–Crippen LogP) is -0.506. The van der Waals surface area contributed by atoms with Gasteiger partial charge in [0.1, 0.15) is 6.23 Å². The molecular formula is C6H14N2O. The van der Waals surface area contributed by atoms with Crippen molar-refractivity contribution >= 4 is 0 Å². The normalized spacial score (nSPS) is 30.7. The third kappa shape index (κ3) is 1.64. The summed E-state index contributed by atoms with van der Waals surface area (Å²) in [7, 11) is 3.82. The fourth-order valence-corrected chi connectivity index (χ4v) is 1.04. The summed E-state index contributed by atoms with van der Waals surface area (Å²) in [6.45, 7) is 3.11. The summed E-state index contributed by atoms with van der Waals surface area (Å²) in [5.74, 6) is 0. The smallest absolute Gasteiger partial charge is 0.122 e. The van der Waals surface area contributed by atoms with Crippen molar-refractivity contribution in [1.29, 1.82) is 0 Å². The van der Waals surface area contributed by atoms with Crippen LogP contribution >= 0.6 is 0 Å². The highest BCUT2D eigenvalue weighted by molar-refractivity contribution is 4.68. The average molecular weight is 130 g/mol. The number of ether oxygens (including phenoxy) is 1. The minimum atomic E-state index is 0.277. The minimum absolute atomic E-state index is 0.277. The first kappa shape index (κ1) is 6.99. The van der Waals surface area contributed by atoms with Gasteiger partial charge in [0, 0.05) is 26.7 Å². The van der Waals surface area contributed by atoms with E-state index in [1.54, 1.807) is 7.11 Å². The molecule has 1 N–H and O–H groups in total. The van der Waals surface area contributed by atoms with E-state index in [-0.39, 0.29) is 6.23 Å². The van der Waals surface area contributed by atoms with Crippen molar-refractivity contribution in [3.05, 3.63) is 0 Å². The molecular weight excluding hydrogens is 116 g/mol. The van der Waals surface area contributed by atoms with Gasteiger partial charge < -0.3 is 10.1 Å². The molecule has 0 aliphatic carbocycles. The summed E-state index contributed by atoms with van der Waals surface area (Å²) in [4.78, 5) is 2.20. The Labute approximate surface area is 56.0 Å². The van der Waals surface area contributed by atoms with Crippen LogP contribution in [-0.4, -0.2) is 44.9 Å². The summed E-state index contributed by atoms with van der Waals surface area (Å²) in [5, 5.41) is 3.25. The molecule has 0 spiro atoms. The SMILES string of the molecule is CO[C@@H]1CNCCN1C. The highest BCUT2D eigenvalue weighted by Gasteiger charge is 2.16. The zero-order valence-corrected chi connectivity index (χ0v) is 6.05. The Bertz CT molecular complexity index is 87.1. The average Bonchev–Trinajstić information content (AvgIpc) is 1.89. The monoisotopic (exact) mass is 130 g/mol. The van der Waals surface area contributed by atoms with Crippen molar-refractivity contribution in [2.45, 2.75) is 6.23 Å². The summed E-state index contributed by atoms with van der Waals surface area (Å²) in [5.41, 5.74) is 0. The Morgan fingerprint density at radius 1 is 1.67 bits per heavy atom. The van der Waals surface area contributed by atoms with Gasteiger partial charge in [0.25, 0.3) is 0 Å². The van der Waals surface area contributed by atoms with Crippen LogP contribution in [0.25, 0.3) is 0 Å². The van der Waals surface area contributed by atoms with E-state index in [2.05, 4.69) is 17.3 Å². The molecule has 0 aromatic carbocycles. The van der Waals surface area contributed by atoms with E-state index in [0.29, 0.717) is 0 Å². The minimum Gasteiger partial charge on any atom is -0.365 e. The molecule has 1 saturated heterocycles. The van der Waals surface area contributed by atoms with Crippen molar-refractivity contribution in [1.82, 2.24) is 10.2 Å². The lowest BCUT2D eigenvalue weighted by atomic mass is 10.4. The van der Waals surface area contributed by atoms with E-state index < -0.39 is 0 Å². The van der Waals surface area contributed by atoms with Gasteiger partial charge in [0.05, 0.1) is 0 Å². The number of hydrogen-bond acceptors (Lipinski definition) is 3. The maximum Gasteiger partial charge on any atom is 0.122 e. The van der Waals surface area contributed by atoms with Crippen molar-refractivity contribution in [3.63, 3.8) is 0 Å². The molecule has 0 amide bonds. The summed E-state index contributed by atoms with van der Waals surface area (Å²) in [6.07, 6.45) is 0.277. The van der Waals surface area contributed by atoms with Gasteiger partial charge in [-0.05, 0) is 7.05 Å². The topological polar surface area (TPSA) is 24.5 Å². The van der Waals surface area contributed by atoms with Gasteiger partial charge in [-0.25, -0.2) is 0 Å². The van der Waals surface area contributed by atoms with E-state index in [4.69, 9.17) is 4.74 Å². The van der Waals surface area contributed by atoms with Crippen LogP contribution in [-0.2, 0) is 4.74 Å². The molecule has 1 atom stereocenters. The molecule has 0 unspecified atom stereocenters. The van der Waals surface area contributed by atoms with Crippen LogP contribution in [0.2, 0.25) is 0 Å². The Kier molecular flexibility index (Phi) is 2.45. The predicted molar refractivity (Wildman–Crippen MR) is 36.3 cm³/mol. The Morgan fingerprint density at radius 2 is 2.44 bits per heavy atom. The Hall–Kier alpha value is -0.120. The molecule has 3 heteroatoms. The second kappa shape index (κ2) is 3.15. The molecule has 0 bridgehead atoms. The second-order valence-corrected chi connectivity index (χ2v) is 2.38. The largest absolute Gasteiger partial charge is 0.365 e. The van der Waals surface area contributed by atoms with Crippen LogP contribution in [0.5, 0.6) is 0 Å². The lowest BCUT2D eigenvalue weighted by Gasteiger charge is -2.31. The van der Waals surface area contributed by atoms with Crippen LogP contribution in [0.3, 0.4) is 0 Å². The lowest BCUT2D eigenvalue weighted by Crippen LogP contribution is -2.49. The Balaban J connectivity index is 2.30. The molecule has 0 aromatic rings. The third-order valence-electron chi connectivity index (χ3n) is 1.72. The van der Waals surface area contributed by atoms with E-state index >= 15 is 0 Å². The Morgan fingerprint density at radius 3 is 2.89 bits per heavy atom. The van der Waals surface area contributed by atoms with Gasteiger partial charge in [0.2, 0.25) is 0 Å². The number of likely N-dealkylation sites (N-methyl/N-ethyl adjacent to an activating group) is 1. The lowest BCUT2D eigenvalue weighted by molar-refractivity contribution is -0.0304. The number of nitrogens with zero attached hydrogens (tertiary/aromatic N) is 1. The van der Waals surface area contributed by atoms with E-state index in [0.717, 1.165) is 19.6 Å². The number of hydrogen-bond donors (Lipinski definition) is 1. The maximum atomic E-state index is 5.17. The summed E-state index contributed by atoms with van der Waals surface area (Å²) < 4.78 is 5.17. The van der Waals surface area contributed by atoms with Gasteiger partial charge in [-0.1, -0.05) is 0 Å². The third-order valence-corrected chi connectivity index (χ3v) is 1.72. The van der Waals surface area contributed by atoms with Gasteiger partial charge in [-0.15, -0.1) is 0 Å². The molecule has 0 aromatic heterocycles. The first-order valence-corrected chi connectivity index (χ1v) is 3.28. The molecule has 9 heavy (non-hydrogen) atoms. The molecule has 1 fully saturated rings. The zero-order chi connectivity index (χ0) is 6.69. The molecule has 54 valence electrons. The van der Waals surface area contributed by atoms with Crippen molar-refractivity contribution in [2.75, 3.05) is 33.8 Å². The van der Waals surface area contributed by atoms with E-state index in [9.17, 15) is 0 Å². The second-order valence-electron chi connectivity index (χ2n) is 2.38. The van der Waals surface area contributed by atoms with Crippen LogP contribution in [0.15, 0.2) is 0 Å². The molecule has 0 radical (unpaired) electrons. The number of methoxy groups -OCH3 is 1. The number of nitrogens with one attached hydrogen (secondary N) is 1. The first-order valence-electron chi connectivity index (χ1n) is 3.28. The van der Waals surface area contributed by atoms with Crippen LogP contribution in [0.4, 0.5) is 0 Å². The first-order chi connectivity index (χ1) is 4.34. The molecule has 1 rings (SSSR count). The standard InChI is InChI=1S/C6H14N2O/c1-8-4-3-7-5-6(8)9-2/h6-7H,3-5H2,1-2H3/t6-/m1/s1. The molecule has 1 aliphatic rings. The molecule has 0 saturated carbocycles. The zero-order valence-electron chi connectivity index (χ0n) is 6.05. The highest BCUT2D eigenvalue weighted by Crippen LogP contribution is 1.98. The number of piperazine rings is 1. The quantitative estimate of drug-likeness (QED) is 0.517. The van der Waals surface area contributed by atoms with Crippen LogP contribution < -0.4 is 5.32 Å². The molecule has 1 heterocycles. The molecule has 3 nitrogen and oxygen atoms in total. The van der Waals surface area contributed by atoms with Gasteiger partial charge >= 0.3 is 0 Å². The van der Waals surface area contributed by atoms with Crippen LogP contribution in [0.1, 0.15) is 0 Å². The van der Waals surface area contributed by atoms with Gasteiger partial charge in [-0.3, -0.25) is 4.90 Å². The number of rotatable bonds is 1. The summed E-state index contributed by atoms with van der Waals surface area (Å²) in [6, 6.07) is 0. The summed E-state index contributed by atoms with van der Waals surface area (Å²) >= 11 is 0. The maximum absolute atomic E-state index is 5.17.